The van der Waals surface area contributed by atoms with Crippen LogP contribution in [-0.2, 0) is 4.79 Å². The summed E-state index contributed by atoms with van der Waals surface area (Å²) in [5.74, 6) is 1.60. The Hall–Kier alpha value is -2.72. The minimum Gasteiger partial charge on any atom is -0.339 e. The number of piperazine rings is 1. The highest BCUT2D eigenvalue weighted by atomic mass is 32.2. The molecule has 1 saturated heterocycles. The van der Waals surface area contributed by atoms with Gasteiger partial charge in [-0.2, -0.15) is 0 Å². The van der Waals surface area contributed by atoms with Gasteiger partial charge >= 0.3 is 0 Å². The van der Waals surface area contributed by atoms with Crippen molar-refractivity contribution in [2.45, 2.75) is 24.6 Å². The maximum absolute atomic E-state index is 12.6. The van der Waals surface area contributed by atoms with Crippen LogP contribution < -0.4 is 10.2 Å². The molecule has 0 spiro atoms. The number of nitrogens with zero attached hydrogens (tertiary/aromatic N) is 6. The molecule has 4 rings (SSSR count). The van der Waals surface area contributed by atoms with Crippen molar-refractivity contribution in [3.8, 4) is 0 Å². The molecule has 0 atom stereocenters. The first-order valence-corrected chi connectivity index (χ1v) is 12.0. The topological polar surface area (TPSA) is 87.1 Å². The van der Waals surface area contributed by atoms with Crippen LogP contribution in [-0.4, -0.2) is 62.9 Å². The number of aromatic nitrogens is 4. The summed E-state index contributed by atoms with van der Waals surface area (Å²) in [4.78, 5) is 25.2. The van der Waals surface area contributed by atoms with E-state index in [0.717, 1.165) is 34.2 Å². The van der Waals surface area contributed by atoms with Crippen LogP contribution in [0.2, 0.25) is 0 Å². The van der Waals surface area contributed by atoms with Crippen LogP contribution in [0, 0.1) is 13.8 Å². The average Bonchev–Trinajstić information content (AvgIpc) is 3.24. The summed E-state index contributed by atoms with van der Waals surface area (Å²) < 4.78 is 0.866. The highest BCUT2D eigenvalue weighted by Crippen LogP contribution is 2.28. The van der Waals surface area contributed by atoms with Gasteiger partial charge in [-0.1, -0.05) is 29.2 Å². The Morgan fingerprint density at radius 3 is 2.61 bits per heavy atom. The van der Waals surface area contributed by atoms with Gasteiger partial charge in [0.05, 0.1) is 0 Å². The first kappa shape index (κ1) is 21.5. The summed E-state index contributed by atoms with van der Waals surface area (Å²) in [6, 6.07) is 8.04. The van der Waals surface area contributed by atoms with E-state index in [-0.39, 0.29) is 5.91 Å². The van der Waals surface area contributed by atoms with Crippen LogP contribution in [0.3, 0.4) is 0 Å². The van der Waals surface area contributed by atoms with Crippen LogP contribution in [0.5, 0.6) is 0 Å². The Morgan fingerprint density at radius 1 is 1.10 bits per heavy atom. The second-order valence-corrected chi connectivity index (χ2v) is 9.63. The molecule has 0 bridgehead atoms. The SMILES string of the molecule is Cc1ccc(Nc2nnc(SCCC(=O)N3CCN(c4ncccn4)CC3)s2)cc1C. The van der Waals surface area contributed by atoms with Crippen LogP contribution in [0.4, 0.5) is 16.8 Å². The molecule has 3 heterocycles. The average molecular weight is 456 g/mol. The second-order valence-electron chi connectivity index (χ2n) is 7.31. The number of nitrogens with one attached hydrogen (secondary N) is 1. The number of hydrogen-bond donors (Lipinski definition) is 1. The molecule has 0 radical (unpaired) electrons. The van der Waals surface area contributed by atoms with E-state index >= 15 is 0 Å². The molecule has 3 aromatic rings. The zero-order valence-electron chi connectivity index (χ0n) is 17.6. The summed E-state index contributed by atoms with van der Waals surface area (Å²) >= 11 is 3.08. The number of aryl methyl sites for hydroxylation is 2. The van der Waals surface area contributed by atoms with E-state index in [9.17, 15) is 4.79 Å². The second kappa shape index (κ2) is 10.1. The van der Waals surface area contributed by atoms with E-state index in [0.29, 0.717) is 25.3 Å². The van der Waals surface area contributed by atoms with E-state index < -0.39 is 0 Å². The molecule has 1 fully saturated rings. The molecule has 8 nitrogen and oxygen atoms in total. The number of carbonyl (C=O) groups is 1. The summed E-state index contributed by atoms with van der Waals surface area (Å²) in [7, 11) is 0. The van der Waals surface area contributed by atoms with Crippen molar-refractivity contribution in [3.63, 3.8) is 0 Å². The van der Waals surface area contributed by atoms with Crippen LogP contribution in [0.1, 0.15) is 17.5 Å². The van der Waals surface area contributed by atoms with Gasteiger partial charge in [-0.15, -0.1) is 10.2 Å². The molecule has 1 amide bonds. The summed E-state index contributed by atoms with van der Waals surface area (Å²) in [6.45, 7) is 7.10. The van der Waals surface area contributed by atoms with Gasteiger partial charge < -0.3 is 15.1 Å². The number of carbonyl (C=O) groups excluding carboxylic acids is 1. The first-order valence-electron chi connectivity index (χ1n) is 10.2. The highest BCUT2D eigenvalue weighted by molar-refractivity contribution is 8.01. The van der Waals surface area contributed by atoms with Gasteiger partial charge in [0.15, 0.2) is 4.34 Å². The van der Waals surface area contributed by atoms with E-state index in [1.807, 2.05) is 11.0 Å². The highest BCUT2D eigenvalue weighted by Gasteiger charge is 2.22. The number of hydrogen-bond acceptors (Lipinski definition) is 9. The third-order valence-corrected chi connectivity index (χ3v) is 7.15. The molecule has 162 valence electrons. The van der Waals surface area contributed by atoms with Crippen molar-refractivity contribution in [2.24, 2.45) is 0 Å². The predicted octanol–water partition coefficient (Wildman–Crippen LogP) is 3.52. The van der Waals surface area contributed by atoms with E-state index in [2.05, 4.69) is 56.4 Å². The zero-order chi connectivity index (χ0) is 21.6. The van der Waals surface area contributed by atoms with Gasteiger partial charge in [-0.3, -0.25) is 4.79 Å². The fourth-order valence-corrected chi connectivity index (χ4v) is 5.03. The fourth-order valence-electron chi connectivity index (χ4n) is 3.26. The molecule has 0 saturated carbocycles. The Bertz CT molecular complexity index is 1020. The molecular weight excluding hydrogens is 430 g/mol. The van der Waals surface area contributed by atoms with Crippen molar-refractivity contribution < 1.29 is 4.79 Å². The van der Waals surface area contributed by atoms with Gasteiger partial charge in [-0.25, -0.2) is 9.97 Å². The Kier molecular flexibility index (Phi) is 6.98. The lowest BCUT2D eigenvalue weighted by atomic mass is 10.1. The van der Waals surface area contributed by atoms with Crippen LogP contribution >= 0.6 is 23.1 Å². The minimum atomic E-state index is 0.180. The lowest BCUT2D eigenvalue weighted by Gasteiger charge is -2.34. The molecule has 1 N–H and O–H groups in total. The molecule has 2 aromatic heterocycles. The van der Waals surface area contributed by atoms with E-state index in [4.69, 9.17) is 0 Å². The number of anilines is 3. The molecule has 1 aliphatic heterocycles. The third-order valence-electron chi connectivity index (χ3n) is 5.17. The number of benzene rings is 1. The van der Waals surface area contributed by atoms with Crippen molar-refractivity contribution in [2.75, 3.05) is 42.1 Å². The molecule has 10 heteroatoms. The Morgan fingerprint density at radius 2 is 1.87 bits per heavy atom. The predicted molar refractivity (Wildman–Crippen MR) is 125 cm³/mol. The summed E-state index contributed by atoms with van der Waals surface area (Å²) in [5.41, 5.74) is 3.50. The zero-order valence-corrected chi connectivity index (χ0v) is 19.2. The Labute approximate surface area is 190 Å². The largest absolute Gasteiger partial charge is 0.339 e. The van der Waals surface area contributed by atoms with Gasteiger partial charge in [0.25, 0.3) is 0 Å². The fraction of sp³-hybridized carbons (Fsp3) is 0.381. The monoisotopic (exact) mass is 455 g/mol. The lowest BCUT2D eigenvalue weighted by Crippen LogP contribution is -2.49. The van der Waals surface area contributed by atoms with Crippen molar-refractivity contribution in [1.82, 2.24) is 25.1 Å². The lowest BCUT2D eigenvalue weighted by molar-refractivity contribution is -0.131. The van der Waals surface area contributed by atoms with Crippen molar-refractivity contribution in [1.29, 1.82) is 0 Å². The van der Waals surface area contributed by atoms with Crippen LogP contribution in [0.25, 0.3) is 0 Å². The summed E-state index contributed by atoms with van der Waals surface area (Å²) in [6.07, 6.45) is 3.98. The number of rotatable bonds is 7. The van der Waals surface area contributed by atoms with Gasteiger partial charge in [-0.05, 0) is 43.2 Å². The van der Waals surface area contributed by atoms with Gasteiger partial charge in [0, 0.05) is 56.4 Å². The molecular formula is C21H25N7OS2. The molecule has 1 aliphatic rings. The maximum Gasteiger partial charge on any atom is 0.225 e. The van der Waals surface area contributed by atoms with Crippen molar-refractivity contribution >= 4 is 45.8 Å². The molecule has 0 aliphatic carbocycles. The number of amides is 1. The normalized spacial score (nSPS) is 14.0. The van der Waals surface area contributed by atoms with Crippen LogP contribution in [0.15, 0.2) is 41.0 Å². The first-order chi connectivity index (χ1) is 15.1. The summed E-state index contributed by atoms with van der Waals surface area (Å²) in [5, 5.41) is 12.5. The third kappa shape index (κ3) is 5.71. The molecule has 0 unspecified atom stereocenters. The minimum absolute atomic E-state index is 0.180. The van der Waals surface area contributed by atoms with Crippen molar-refractivity contribution in [3.05, 3.63) is 47.8 Å². The smallest absolute Gasteiger partial charge is 0.225 e. The quantitative estimate of drug-likeness (QED) is 0.542. The van der Waals surface area contributed by atoms with Gasteiger partial charge in [0.2, 0.25) is 17.0 Å². The Balaban J connectivity index is 1.20. The van der Waals surface area contributed by atoms with Gasteiger partial charge in [0.1, 0.15) is 0 Å². The molecule has 1 aromatic carbocycles. The maximum atomic E-state index is 12.6. The molecule has 31 heavy (non-hydrogen) atoms. The van der Waals surface area contributed by atoms with E-state index in [1.54, 1.807) is 30.2 Å². The number of thioether (sulfide) groups is 1. The standard InChI is InChI=1S/C21H25N7OS2/c1-15-4-5-17(14-16(15)2)24-20-25-26-21(31-20)30-13-6-18(29)27-9-11-28(12-10-27)19-22-7-3-8-23-19/h3-5,7-8,14H,6,9-13H2,1-2H3,(H,24,25). The van der Waals surface area contributed by atoms with E-state index in [1.165, 1.54) is 22.5 Å².